The van der Waals surface area contributed by atoms with Gasteiger partial charge in [-0.1, -0.05) is 56.1 Å². The number of nitrogens with one attached hydrogen (secondary N) is 1. The molecule has 1 aliphatic rings. The van der Waals surface area contributed by atoms with Crippen LogP contribution >= 0.6 is 11.8 Å². The van der Waals surface area contributed by atoms with Gasteiger partial charge < -0.3 is 11.2 Å². The maximum Gasteiger partial charge on any atom is 0.237 e. The van der Waals surface area contributed by atoms with E-state index in [0.29, 0.717) is 11.1 Å². The minimum atomic E-state index is -0.319. The van der Waals surface area contributed by atoms with Crippen molar-refractivity contribution in [1.82, 2.24) is 14.9 Å². The van der Waals surface area contributed by atoms with Crippen LogP contribution < -0.4 is 11.2 Å². The Morgan fingerprint density at radius 3 is 2.78 bits per heavy atom. The average Bonchev–Trinajstić information content (AvgIpc) is 3.04. The molecule has 27 heavy (non-hydrogen) atoms. The summed E-state index contributed by atoms with van der Waals surface area (Å²) in [4.78, 5) is 12.7. The fourth-order valence-corrected chi connectivity index (χ4v) is 4.42. The number of aryl methyl sites for hydroxylation is 2. The van der Waals surface area contributed by atoms with Gasteiger partial charge in [-0.25, -0.2) is 4.68 Å². The minimum Gasteiger partial charge on any atom is -0.336 e. The van der Waals surface area contributed by atoms with Gasteiger partial charge in [-0.15, -0.1) is 10.2 Å². The highest BCUT2D eigenvalue weighted by Gasteiger charge is 2.25. The molecule has 7 heteroatoms. The molecule has 0 saturated heterocycles. The van der Waals surface area contributed by atoms with Crippen molar-refractivity contribution < 1.29 is 4.79 Å². The van der Waals surface area contributed by atoms with Crippen LogP contribution in [0.4, 0.5) is 5.69 Å². The Bertz CT molecular complexity index is 798. The summed E-state index contributed by atoms with van der Waals surface area (Å²) in [7, 11) is 0. The maximum atomic E-state index is 12.7. The van der Waals surface area contributed by atoms with Crippen molar-refractivity contribution in [2.75, 3.05) is 11.2 Å². The van der Waals surface area contributed by atoms with E-state index in [2.05, 4.69) is 22.4 Å². The number of rotatable bonds is 6. The number of hydrogen-bond acceptors (Lipinski definition) is 5. The van der Waals surface area contributed by atoms with Gasteiger partial charge in [0.25, 0.3) is 0 Å². The molecule has 1 amide bonds. The summed E-state index contributed by atoms with van der Waals surface area (Å²) in [6, 6.07) is 6.08. The zero-order valence-electron chi connectivity index (χ0n) is 16.4. The van der Waals surface area contributed by atoms with Gasteiger partial charge in [0, 0.05) is 11.6 Å². The Morgan fingerprint density at radius 1 is 1.33 bits per heavy atom. The molecule has 1 heterocycles. The topological polar surface area (TPSA) is 85.8 Å². The second kappa shape index (κ2) is 8.78. The summed E-state index contributed by atoms with van der Waals surface area (Å²) in [5.41, 5.74) is 3.12. The molecule has 0 aliphatic heterocycles. The zero-order valence-corrected chi connectivity index (χ0v) is 17.2. The lowest BCUT2D eigenvalue weighted by molar-refractivity contribution is -0.115. The van der Waals surface area contributed by atoms with Gasteiger partial charge in [-0.05, 0) is 44.2 Å². The maximum absolute atomic E-state index is 12.7. The van der Waals surface area contributed by atoms with Crippen LogP contribution in [0.1, 0.15) is 68.8 Å². The first-order valence-electron chi connectivity index (χ1n) is 9.77. The van der Waals surface area contributed by atoms with Crippen molar-refractivity contribution >= 4 is 23.4 Å². The Kier molecular flexibility index (Phi) is 6.42. The van der Waals surface area contributed by atoms with Crippen LogP contribution in [0.25, 0.3) is 0 Å². The number of nitrogen functional groups attached to an aromatic ring is 1. The van der Waals surface area contributed by atoms with Crippen LogP contribution in [-0.2, 0) is 11.2 Å². The van der Waals surface area contributed by atoms with Gasteiger partial charge in [0.15, 0.2) is 5.82 Å². The number of carbonyl (C=O) groups is 1. The Morgan fingerprint density at radius 2 is 2.07 bits per heavy atom. The first kappa shape index (κ1) is 19.7. The SMILES string of the molecule is CCc1cccc(C)c1NC(=O)[C@@H](C)Sc1nnc(C2CCCCC2)n1N. The fourth-order valence-electron chi connectivity index (χ4n) is 3.65. The predicted octanol–water partition coefficient (Wildman–Crippen LogP) is 4.03. The second-order valence-electron chi connectivity index (χ2n) is 7.26. The predicted molar refractivity (Wildman–Crippen MR) is 111 cm³/mol. The van der Waals surface area contributed by atoms with Gasteiger partial charge in [0.1, 0.15) is 0 Å². The van der Waals surface area contributed by atoms with E-state index in [1.54, 1.807) is 4.68 Å². The first-order chi connectivity index (χ1) is 13.0. The average molecular weight is 388 g/mol. The van der Waals surface area contributed by atoms with E-state index >= 15 is 0 Å². The largest absolute Gasteiger partial charge is 0.336 e. The molecule has 0 unspecified atom stereocenters. The van der Waals surface area contributed by atoms with Gasteiger partial charge in [0.2, 0.25) is 11.1 Å². The number of nitrogens with two attached hydrogens (primary N) is 1. The van der Waals surface area contributed by atoms with E-state index in [1.165, 1.54) is 31.0 Å². The Balaban J connectivity index is 1.68. The van der Waals surface area contributed by atoms with E-state index in [4.69, 9.17) is 5.84 Å². The first-order valence-corrected chi connectivity index (χ1v) is 10.7. The van der Waals surface area contributed by atoms with Gasteiger partial charge in [-0.2, -0.15) is 0 Å². The van der Waals surface area contributed by atoms with E-state index < -0.39 is 0 Å². The molecule has 2 aromatic rings. The highest BCUT2D eigenvalue weighted by molar-refractivity contribution is 8.00. The number of thioether (sulfide) groups is 1. The number of nitrogens with zero attached hydrogens (tertiary/aromatic N) is 3. The lowest BCUT2D eigenvalue weighted by atomic mass is 9.89. The molecular formula is C20H29N5OS. The summed E-state index contributed by atoms with van der Waals surface area (Å²) in [5, 5.41) is 11.9. The van der Waals surface area contributed by atoms with E-state index in [-0.39, 0.29) is 11.2 Å². The number of amides is 1. The molecule has 146 valence electrons. The minimum absolute atomic E-state index is 0.0498. The lowest BCUT2D eigenvalue weighted by Crippen LogP contribution is -2.25. The summed E-state index contributed by atoms with van der Waals surface area (Å²) in [5.74, 6) is 7.42. The summed E-state index contributed by atoms with van der Waals surface area (Å²) < 4.78 is 1.58. The molecular weight excluding hydrogens is 358 g/mol. The summed E-state index contributed by atoms with van der Waals surface area (Å²) >= 11 is 1.35. The number of carbonyl (C=O) groups excluding carboxylic acids is 1. The molecule has 1 atom stereocenters. The van der Waals surface area contributed by atoms with Crippen LogP contribution in [0, 0.1) is 6.92 Å². The fraction of sp³-hybridized carbons (Fsp3) is 0.550. The van der Waals surface area contributed by atoms with Crippen molar-refractivity contribution in [2.24, 2.45) is 0 Å². The molecule has 1 fully saturated rings. The molecule has 0 spiro atoms. The number of aromatic nitrogens is 3. The lowest BCUT2D eigenvalue weighted by Gasteiger charge is -2.20. The van der Waals surface area contributed by atoms with E-state index in [9.17, 15) is 4.79 Å². The number of anilines is 1. The van der Waals surface area contributed by atoms with Crippen molar-refractivity contribution in [1.29, 1.82) is 0 Å². The third-order valence-electron chi connectivity index (χ3n) is 5.30. The normalized spacial score (nSPS) is 16.3. The van der Waals surface area contributed by atoms with E-state index in [0.717, 1.165) is 41.9 Å². The van der Waals surface area contributed by atoms with Crippen LogP contribution in [0.3, 0.4) is 0 Å². The molecule has 3 rings (SSSR count). The Labute approximate surface area is 165 Å². The number of benzene rings is 1. The quantitative estimate of drug-likeness (QED) is 0.577. The summed E-state index contributed by atoms with van der Waals surface area (Å²) in [6.07, 6.45) is 6.82. The number of hydrogen-bond donors (Lipinski definition) is 2. The van der Waals surface area contributed by atoms with Gasteiger partial charge in [0.05, 0.1) is 5.25 Å². The monoisotopic (exact) mass is 387 g/mol. The molecule has 1 aromatic carbocycles. The molecule has 3 N–H and O–H groups in total. The van der Waals surface area contributed by atoms with Crippen molar-refractivity contribution in [2.45, 2.75) is 75.6 Å². The smallest absolute Gasteiger partial charge is 0.237 e. The zero-order chi connectivity index (χ0) is 19.4. The standard InChI is InChI=1S/C20H29N5OS/c1-4-15-12-8-9-13(2)17(15)22-19(26)14(3)27-20-24-23-18(25(20)21)16-10-6-5-7-11-16/h8-9,12,14,16H,4-7,10-11,21H2,1-3H3,(H,22,26)/t14-/m1/s1. The van der Waals surface area contributed by atoms with Gasteiger partial charge >= 0.3 is 0 Å². The van der Waals surface area contributed by atoms with Crippen LogP contribution in [0.2, 0.25) is 0 Å². The molecule has 1 saturated carbocycles. The Hall–Kier alpha value is -2.02. The second-order valence-corrected chi connectivity index (χ2v) is 8.57. The highest BCUT2D eigenvalue weighted by Crippen LogP contribution is 2.33. The third kappa shape index (κ3) is 4.46. The molecule has 1 aromatic heterocycles. The molecule has 0 radical (unpaired) electrons. The molecule has 0 bridgehead atoms. The summed E-state index contributed by atoms with van der Waals surface area (Å²) in [6.45, 7) is 5.98. The van der Waals surface area contributed by atoms with Crippen molar-refractivity contribution in [3.63, 3.8) is 0 Å². The van der Waals surface area contributed by atoms with Crippen molar-refractivity contribution in [3.8, 4) is 0 Å². The number of para-hydroxylation sites is 1. The molecule has 6 nitrogen and oxygen atoms in total. The van der Waals surface area contributed by atoms with Gasteiger partial charge in [-0.3, -0.25) is 4.79 Å². The molecule has 1 aliphatic carbocycles. The van der Waals surface area contributed by atoms with E-state index in [1.807, 2.05) is 32.0 Å². The van der Waals surface area contributed by atoms with Crippen LogP contribution in [-0.4, -0.2) is 26.0 Å². The third-order valence-corrected chi connectivity index (χ3v) is 6.36. The van der Waals surface area contributed by atoms with Crippen LogP contribution in [0.5, 0.6) is 0 Å². The highest BCUT2D eigenvalue weighted by atomic mass is 32.2. The van der Waals surface area contributed by atoms with Crippen molar-refractivity contribution in [3.05, 3.63) is 35.2 Å². The van der Waals surface area contributed by atoms with Crippen LogP contribution in [0.15, 0.2) is 23.4 Å².